The van der Waals surface area contributed by atoms with Gasteiger partial charge in [-0.2, -0.15) is 0 Å². The van der Waals surface area contributed by atoms with Crippen molar-refractivity contribution in [3.63, 3.8) is 0 Å². The van der Waals surface area contributed by atoms with E-state index in [2.05, 4.69) is 0 Å². The fraction of sp³-hybridized carbons (Fsp3) is 0.526. The van der Waals surface area contributed by atoms with Gasteiger partial charge in [-0.25, -0.2) is 0 Å². The maximum atomic E-state index is 12.7. The van der Waals surface area contributed by atoms with Gasteiger partial charge in [0.25, 0.3) is 0 Å². The lowest BCUT2D eigenvalue weighted by atomic mass is 9.95. The Morgan fingerprint density at radius 1 is 1.15 bits per heavy atom. The molecule has 0 unspecified atom stereocenters. The summed E-state index contributed by atoms with van der Waals surface area (Å²) < 4.78 is 5.41. The van der Waals surface area contributed by atoms with Gasteiger partial charge in [0, 0.05) is 31.7 Å². The van der Waals surface area contributed by atoms with Gasteiger partial charge in [-0.3, -0.25) is 14.4 Å². The number of rotatable bonds is 5. The molecule has 7 heteroatoms. The molecule has 1 N–H and O–H groups in total. The lowest BCUT2D eigenvalue weighted by Gasteiger charge is -2.31. The molecule has 1 atom stereocenters. The molecular formula is C19H24N2O5. The van der Waals surface area contributed by atoms with Crippen molar-refractivity contribution in [1.29, 1.82) is 0 Å². The van der Waals surface area contributed by atoms with E-state index in [4.69, 9.17) is 9.84 Å². The summed E-state index contributed by atoms with van der Waals surface area (Å²) in [5.41, 5.74) is 0.762. The first kappa shape index (κ1) is 18.2. The van der Waals surface area contributed by atoms with Crippen LogP contribution in [-0.4, -0.2) is 54.0 Å². The van der Waals surface area contributed by atoms with Gasteiger partial charge in [-0.15, -0.1) is 0 Å². The number of amides is 2. The summed E-state index contributed by atoms with van der Waals surface area (Å²) >= 11 is 0. The molecule has 0 bridgehead atoms. The summed E-state index contributed by atoms with van der Waals surface area (Å²) in [6.45, 7) is 3.75. The lowest BCUT2D eigenvalue weighted by Crippen LogP contribution is -2.43. The zero-order valence-corrected chi connectivity index (χ0v) is 14.9. The molecule has 0 spiro atoms. The summed E-state index contributed by atoms with van der Waals surface area (Å²) in [6.07, 6.45) is 1.15. The van der Waals surface area contributed by atoms with Crippen LogP contribution in [0.1, 0.15) is 26.2 Å². The first-order chi connectivity index (χ1) is 12.5. The average Bonchev–Trinajstić information content (AvgIpc) is 3.04. The maximum absolute atomic E-state index is 12.7. The minimum absolute atomic E-state index is 0.0457. The van der Waals surface area contributed by atoms with Crippen LogP contribution in [0.25, 0.3) is 0 Å². The molecular weight excluding hydrogens is 336 g/mol. The van der Waals surface area contributed by atoms with Crippen LogP contribution in [0.4, 0.5) is 5.69 Å². The Labute approximate surface area is 152 Å². The van der Waals surface area contributed by atoms with Crippen molar-refractivity contribution in [3.8, 4) is 5.75 Å². The maximum Gasteiger partial charge on any atom is 0.306 e. The fourth-order valence-electron chi connectivity index (χ4n) is 3.62. The van der Waals surface area contributed by atoms with Crippen molar-refractivity contribution >= 4 is 23.5 Å². The molecule has 2 fully saturated rings. The standard InChI is InChI=1S/C19H24N2O5/c1-2-26-16-5-3-15(4-6-16)21-12-14(11-17(21)22)18(23)20-9-7-13(8-10-20)19(24)25/h3-6,13-14H,2,7-12H2,1H3,(H,24,25)/t14-/m0/s1. The monoisotopic (exact) mass is 360 g/mol. The second-order valence-electron chi connectivity index (χ2n) is 6.77. The number of hydrogen-bond donors (Lipinski definition) is 1. The highest BCUT2D eigenvalue weighted by Crippen LogP contribution is 2.29. The Bertz CT molecular complexity index is 680. The smallest absolute Gasteiger partial charge is 0.306 e. The summed E-state index contributed by atoms with van der Waals surface area (Å²) in [6, 6.07) is 7.29. The van der Waals surface area contributed by atoms with E-state index < -0.39 is 5.97 Å². The van der Waals surface area contributed by atoms with Crippen molar-refractivity contribution in [2.75, 3.05) is 31.1 Å². The number of aliphatic carboxylic acids is 1. The van der Waals surface area contributed by atoms with Gasteiger partial charge in [0.15, 0.2) is 0 Å². The largest absolute Gasteiger partial charge is 0.494 e. The highest BCUT2D eigenvalue weighted by atomic mass is 16.5. The second kappa shape index (κ2) is 7.76. The van der Waals surface area contributed by atoms with Gasteiger partial charge in [0.2, 0.25) is 11.8 Å². The van der Waals surface area contributed by atoms with Crippen LogP contribution < -0.4 is 9.64 Å². The minimum Gasteiger partial charge on any atom is -0.494 e. The second-order valence-corrected chi connectivity index (χ2v) is 6.77. The zero-order chi connectivity index (χ0) is 18.7. The molecule has 0 saturated carbocycles. The van der Waals surface area contributed by atoms with Crippen molar-refractivity contribution in [1.82, 2.24) is 4.90 Å². The Balaban J connectivity index is 1.60. The predicted octanol–water partition coefficient (Wildman–Crippen LogP) is 1.76. The quantitative estimate of drug-likeness (QED) is 0.865. The summed E-state index contributed by atoms with van der Waals surface area (Å²) in [4.78, 5) is 39.5. The number of carboxylic acids is 1. The third-order valence-electron chi connectivity index (χ3n) is 5.09. The zero-order valence-electron chi connectivity index (χ0n) is 14.9. The van der Waals surface area contributed by atoms with Crippen LogP contribution >= 0.6 is 0 Å². The van der Waals surface area contributed by atoms with E-state index in [0.717, 1.165) is 11.4 Å². The van der Waals surface area contributed by atoms with Crippen molar-refractivity contribution < 1.29 is 24.2 Å². The van der Waals surface area contributed by atoms with Gasteiger partial charge < -0.3 is 19.6 Å². The SMILES string of the molecule is CCOc1ccc(N2C[C@@H](C(=O)N3CCC(C(=O)O)CC3)CC2=O)cc1. The number of anilines is 1. The molecule has 1 aromatic rings. The van der Waals surface area contributed by atoms with Gasteiger partial charge in [-0.1, -0.05) is 0 Å². The number of carboxylic acid groups (broad SMARTS) is 1. The van der Waals surface area contributed by atoms with Crippen LogP contribution in [0.3, 0.4) is 0 Å². The molecule has 2 heterocycles. The lowest BCUT2D eigenvalue weighted by molar-refractivity contribution is -0.146. The minimum atomic E-state index is -0.796. The van der Waals surface area contributed by atoms with Gasteiger partial charge >= 0.3 is 5.97 Å². The number of benzene rings is 1. The van der Waals surface area contributed by atoms with Crippen LogP contribution in [0.5, 0.6) is 5.75 Å². The van der Waals surface area contributed by atoms with E-state index in [1.54, 1.807) is 9.80 Å². The molecule has 3 rings (SSSR count). The van der Waals surface area contributed by atoms with E-state index in [1.165, 1.54) is 0 Å². The molecule has 0 radical (unpaired) electrons. The fourth-order valence-corrected chi connectivity index (χ4v) is 3.62. The number of carbonyl (C=O) groups is 3. The Kier molecular flexibility index (Phi) is 5.44. The number of carbonyl (C=O) groups excluding carboxylic acids is 2. The number of nitrogens with zero attached hydrogens (tertiary/aromatic N) is 2. The number of hydrogen-bond acceptors (Lipinski definition) is 4. The number of ether oxygens (including phenoxy) is 1. The van der Waals surface area contributed by atoms with E-state index in [1.807, 2.05) is 31.2 Å². The first-order valence-corrected chi connectivity index (χ1v) is 9.04. The third-order valence-corrected chi connectivity index (χ3v) is 5.09. The number of piperidine rings is 1. The highest BCUT2D eigenvalue weighted by molar-refractivity contribution is 6.00. The summed E-state index contributed by atoms with van der Waals surface area (Å²) in [7, 11) is 0. The molecule has 1 aromatic carbocycles. The van der Waals surface area contributed by atoms with Crippen molar-refractivity contribution in [3.05, 3.63) is 24.3 Å². The normalized spacial score (nSPS) is 21.1. The number of likely N-dealkylation sites (tertiary alicyclic amines) is 1. The summed E-state index contributed by atoms with van der Waals surface area (Å²) in [5, 5.41) is 9.06. The van der Waals surface area contributed by atoms with Crippen molar-refractivity contribution in [2.45, 2.75) is 26.2 Å². The predicted molar refractivity (Wildman–Crippen MR) is 95.0 cm³/mol. The topological polar surface area (TPSA) is 87.2 Å². The van der Waals surface area contributed by atoms with E-state index in [0.29, 0.717) is 39.1 Å². The molecule has 2 aliphatic heterocycles. The Hall–Kier alpha value is -2.57. The average molecular weight is 360 g/mol. The van der Waals surface area contributed by atoms with E-state index in [-0.39, 0.29) is 30.1 Å². The molecule has 0 aliphatic carbocycles. The molecule has 0 aromatic heterocycles. The Morgan fingerprint density at radius 2 is 1.81 bits per heavy atom. The van der Waals surface area contributed by atoms with Gasteiger partial charge in [0.05, 0.1) is 18.4 Å². The third kappa shape index (κ3) is 3.81. The molecule has 26 heavy (non-hydrogen) atoms. The molecule has 2 amide bonds. The van der Waals surface area contributed by atoms with Crippen LogP contribution in [-0.2, 0) is 14.4 Å². The molecule has 140 valence electrons. The first-order valence-electron chi connectivity index (χ1n) is 9.04. The van der Waals surface area contributed by atoms with Crippen LogP contribution in [0, 0.1) is 11.8 Å². The molecule has 7 nitrogen and oxygen atoms in total. The molecule has 2 aliphatic rings. The summed E-state index contributed by atoms with van der Waals surface area (Å²) in [5.74, 6) is -0.893. The molecule has 2 saturated heterocycles. The Morgan fingerprint density at radius 3 is 2.38 bits per heavy atom. The van der Waals surface area contributed by atoms with Gasteiger partial charge in [0.1, 0.15) is 5.75 Å². The van der Waals surface area contributed by atoms with E-state index in [9.17, 15) is 14.4 Å². The van der Waals surface area contributed by atoms with E-state index >= 15 is 0 Å². The van der Waals surface area contributed by atoms with Crippen molar-refractivity contribution in [2.24, 2.45) is 11.8 Å². The van der Waals surface area contributed by atoms with Crippen LogP contribution in [0.2, 0.25) is 0 Å². The highest BCUT2D eigenvalue weighted by Gasteiger charge is 2.38. The van der Waals surface area contributed by atoms with Gasteiger partial charge in [-0.05, 0) is 44.0 Å². The van der Waals surface area contributed by atoms with Crippen LogP contribution in [0.15, 0.2) is 24.3 Å².